The molecule has 0 fully saturated rings. The molecule has 0 saturated heterocycles. The minimum atomic E-state index is -0.209. The first-order chi connectivity index (χ1) is 11.5. The van der Waals surface area contributed by atoms with E-state index in [9.17, 15) is 9.90 Å². The minimum absolute atomic E-state index is 0.153. The molecular formula is C19H23N3O2. The predicted molar refractivity (Wildman–Crippen MR) is 97.5 cm³/mol. The van der Waals surface area contributed by atoms with E-state index < -0.39 is 0 Å². The second-order valence-corrected chi connectivity index (χ2v) is 5.67. The van der Waals surface area contributed by atoms with E-state index in [0.29, 0.717) is 6.42 Å². The maximum Gasteiger partial charge on any atom is 0.259 e. The lowest BCUT2D eigenvalue weighted by Gasteiger charge is -2.10. The Hall–Kier alpha value is -2.82. The van der Waals surface area contributed by atoms with Crippen molar-refractivity contribution in [1.82, 2.24) is 5.43 Å². The quantitative estimate of drug-likeness (QED) is 0.563. The van der Waals surface area contributed by atoms with Crippen molar-refractivity contribution in [3.05, 3.63) is 59.2 Å². The second-order valence-electron chi connectivity index (χ2n) is 5.67. The zero-order valence-electron chi connectivity index (χ0n) is 14.3. The molecule has 1 amide bonds. The molecule has 2 aromatic carbocycles. The highest BCUT2D eigenvalue weighted by molar-refractivity contribution is 6.01. The highest BCUT2D eigenvalue weighted by atomic mass is 16.3. The molecule has 0 aliphatic carbocycles. The number of aryl methyl sites for hydroxylation is 2. The number of phenolic OH excluding ortho intramolecular Hbond substituents is 1. The van der Waals surface area contributed by atoms with Crippen molar-refractivity contribution in [2.45, 2.75) is 27.2 Å². The Morgan fingerprint density at radius 3 is 2.46 bits per heavy atom. The van der Waals surface area contributed by atoms with E-state index in [0.717, 1.165) is 22.5 Å². The number of nitrogens with zero attached hydrogens (tertiary/aromatic N) is 1. The highest BCUT2D eigenvalue weighted by Crippen LogP contribution is 2.15. The number of hydrazone groups is 1. The minimum Gasteiger partial charge on any atom is -0.508 e. The third-order valence-corrected chi connectivity index (χ3v) is 3.67. The molecule has 0 aliphatic rings. The monoisotopic (exact) mass is 325 g/mol. The summed E-state index contributed by atoms with van der Waals surface area (Å²) in [5.41, 5.74) is 7.43. The molecule has 5 nitrogen and oxygen atoms in total. The van der Waals surface area contributed by atoms with Crippen LogP contribution in [0.4, 0.5) is 5.69 Å². The number of benzene rings is 2. The van der Waals surface area contributed by atoms with Crippen molar-refractivity contribution in [1.29, 1.82) is 0 Å². The fraction of sp³-hybridized carbons (Fsp3) is 0.263. The van der Waals surface area contributed by atoms with E-state index in [2.05, 4.69) is 21.9 Å². The SMILES string of the molecule is CC/C(=N\NC(=O)CNc1ccc(C)cc1C)c1ccc(O)cc1. The van der Waals surface area contributed by atoms with Crippen LogP contribution in [-0.4, -0.2) is 23.3 Å². The first kappa shape index (κ1) is 17.5. The number of carbonyl (C=O) groups excluding carboxylic acids is 1. The molecule has 2 rings (SSSR count). The van der Waals surface area contributed by atoms with E-state index in [-0.39, 0.29) is 18.2 Å². The Balaban J connectivity index is 1.94. The lowest BCUT2D eigenvalue weighted by molar-refractivity contribution is -0.119. The smallest absolute Gasteiger partial charge is 0.259 e. The van der Waals surface area contributed by atoms with Crippen molar-refractivity contribution >= 4 is 17.3 Å². The van der Waals surface area contributed by atoms with Crippen LogP contribution in [0.5, 0.6) is 5.75 Å². The molecule has 0 unspecified atom stereocenters. The second kappa shape index (κ2) is 8.15. The summed E-state index contributed by atoms with van der Waals surface area (Å²) >= 11 is 0. The summed E-state index contributed by atoms with van der Waals surface area (Å²) in [4.78, 5) is 12.0. The van der Waals surface area contributed by atoms with Crippen LogP contribution in [-0.2, 0) is 4.79 Å². The molecule has 0 spiro atoms. The first-order valence-electron chi connectivity index (χ1n) is 7.95. The van der Waals surface area contributed by atoms with Gasteiger partial charge in [0.15, 0.2) is 0 Å². The first-order valence-corrected chi connectivity index (χ1v) is 7.95. The lowest BCUT2D eigenvalue weighted by atomic mass is 10.1. The molecule has 0 saturated carbocycles. The molecule has 3 N–H and O–H groups in total. The van der Waals surface area contributed by atoms with Crippen LogP contribution in [0.15, 0.2) is 47.6 Å². The molecule has 0 radical (unpaired) electrons. The Kier molecular flexibility index (Phi) is 5.95. The van der Waals surface area contributed by atoms with Gasteiger partial charge in [0.05, 0.1) is 12.3 Å². The van der Waals surface area contributed by atoms with Crippen LogP contribution in [0.1, 0.15) is 30.0 Å². The molecule has 0 heterocycles. The average Bonchev–Trinajstić information content (AvgIpc) is 2.56. The van der Waals surface area contributed by atoms with E-state index in [1.54, 1.807) is 24.3 Å². The summed E-state index contributed by atoms with van der Waals surface area (Å²) in [6.45, 7) is 6.16. The topological polar surface area (TPSA) is 73.7 Å². The zero-order chi connectivity index (χ0) is 17.5. The normalized spacial score (nSPS) is 11.2. The number of phenols is 1. The van der Waals surface area contributed by atoms with Gasteiger partial charge in [0.25, 0.3) is 5.91 Å². The van der Waals surface area contributed by atoms with Crippen LogP contribution in [0, 0.1) is 13.8 Å². The molecule has 0 aliphatic heterocycles. The summed E-state index contributed by atoms with van der Waals surface area (Å²) in [5.74, 6) is -0.00407. The number of nitrogens with one attached hydrogen (secondary N) is 2. The Labute approximate surface area is 142 Å². The van der Waals surface area contributed by atoms with Gasteiger partial charge < -0.3 is 10.4 Å². The van der Waals surface area contributed by atoms with Crippen molar-refractivity contribution in [2.24, 2.45) is 5.10 Å². The molecule has 2 aromatic rings. The fourth-order valence-corrected chi connectivity index (χ4v) is 2.36. The van der Waals surface area contributed by atoms with E-state index in [1.165, 1.54) is 5.56 Å². The van der Waals surface area contributed by atoms with Crippen LogP contribution >= 0.6 is 0 Å². The third kappa shape index (κ3) is 4.84. The number of hydrogen-bond acceptors (Lipinski definition) is 4. The van der Waals surface area contributed by atoms with E-state index in [1.807, 2.05) is 32.9 Å². The summed E-state index contributed by atoms with van der Waals surface area (Å²) < 4.78 is 0. The van der Waals surface area contributed by atoms with Crippen LogP contribution < -0.4 is 10.7 Å². The number of carbonyl (C=O) groups is 1. The van der Waals surface area contributed by atoms with Gasteiger partial charge in [0.1, 0.15) is 5.75 Å². The van der Waals surface area contributed by atoms with E-state index in [4.69, 9.17) is 0 Å². The number of rotatable bonds is 6. The number of anilines is 1. The molecule has 126 valence electrons. The fourth-order valence-electron chi connectivity index (χ4n) is 2.36. The molecule has 24 heavy (non-hydrogen) atoms. The molecule has 0 aromatic heterocycles. The van der Waals surface area contributed by atoms with Gasteiger partial charge in [-0.15, -0.1) is 0 Å². The molecule has 5 heteroatoms. The van der Waals surface area contributed by atoms with Gasteiger partial charge in [-0.3, -0.25) is 4.79 Å². The van der Waals surface area contributed by atoms with Gasteiger partial charge in [-0.1, -0.05) is 24.6 Å². The maximum absolute atomic E-state index is 12.0. The number of amides is 1. The van der Waals surface area contributed by atoms with Crippen molar-refractivity contribution < 1.29 is 9.90 Å². The zero-order valence-corrected chi connectivity index (χ0v) is 14.3. The predicted octanol–water partition coefficient (Wildman–Crippen LogP) is 3.35. The van der Waals surface area contributed by atoms with Gasteiger partial charge in [-0.2, -0.15) is 5.10 Å². The summed E-state index contributed by atoms with van der Waals surface area (Å²) in [6.07, 6.45) is 0.676. The molecule has 0 atom stereocenters. The van der Waals surface area contributed by atoms with Crippen LogP contribution in [0.3, 0.4) is 0 Å². The lowest BCUT2D eigenvalue weighted by Crippen LogP contribution is -2.27. The number of hydrogen-bond donors (Lipinski definition) is 3. The van der Waals surface area contributed by atoms with E-state index >= 15 is 0 Å². The van der Waals surface area contributed by atoms with Gasteiger partial charge in [0, 0.05) is 5.69 Å². The van der Waals surface area contributed by atoms with Gasteiger partial charge in [0.2, 0.25) is 0 Å². The summed E-state index contributed by atoms with van der Waals surface area (Å²) in [5, 5.41) is 16.6. The highest BCUT2D eigenvalue weighted by Gasteiger charge is 2.05. The summed E-state index contributed by atoms with van der Waals surface area (Å²) in [7, 11) is 0. The molecular weight excluding hydrogens is 302 g/mol. The summed E-state index contributed by atoms with van der Waals surface area (Å²) in [6, 6.07) is 12.8. The Morgan fingerprint density at radius 2 is 1.83 bits per heavy atom. The molecule has 0 bridgehead atoms. The Morgan fingerprint density at radius 1 is 1.12 bits per heavy atom. The van der Waals surface area contributed by atoms with Crippen LogP contribution in [0.25, 0.3) is 0 Å². The van der Waals surface area contributed by atoms with Crippen LogP contribution in [0.2, 0.25) is 0 Å². The largest absolute Gasteiger partial charge is 0.508 e. The standard InChI is InChI=1S/C19H23N3O2/c1-4-17(15-6-8-16(23)9-7-15)21-22-19(24)12-20-18-10-5-13(2)11-14(18)3/h5-11,20,23H,4,12H2,1-3H3,(H,22,24)/b21-17+. The van der Waals surface area contributed by atoms with Gasteiger partial charge in [-0.05, 0) is 61.7 Å². The van der Waals surface area contributed by atoms with Crippen molar-refractivity contribution in [3.8, 4) is 5.75 Å². The van der Waals surface area contributed by atoms with Crippen molar-refractivity contribution in [3.63, 3.8) is 0 Å². The van der Waals surface area contributed by atoms with Gasteiger partial charge >= 0.3 is 0 Å². The maximum atomic E-state index is 12.0. The average molecular weight is 325 g/mol. The Bertz CT molecular complexity index is 737. The van der Waals surface area contributed by atoms with Gasteiger partial charge in [-0.25, -0.2) is 5.43 Å². The third-order valence-electron chi connectivity index (χ3n) is 3.67. The number of aromatic hydroxyl groups is 1. The van der Waals surface area contributed by atoms with Crippen molar-refractivity contribution in [2.75, 3.05) is 11.9 Å².